The van der Waals surface area contributed by atoms with Crippen LogP contribution in [-0.2, 0) is 6.54 Å². The Kier molecular flexibility index (Phi) is 2.88. The zero-order chi connectivity index (χ0) is 9.03. The number of benzene rings is 1. The lowest BCUT2D eigenvalue weighted by Crippen LogP contribution is -2.34. The predicted octanol–water partition coefficient (Wildman–Crippen LogP) is 2.57. The highest BCUT2D eigenvalue weighted by Gasteiger charge is 2.07. The fourth-order valence-corrected chi connectivity index (χ4v) is 0.963. The van der Waals surface area contributed by atoms with Crippen molar-refractivity contribution in [3.8, 4) is 0 Å². The minimum absolute atomic E-state index is 0.204. The quantitative estimate of drug-likeness (QED) is 0.706. The molecule has 0 saturated carbocycles. The van der Waals surface area contributed by atoms with Gasteiger partial charge in [-0.05, 0) is 26.3 Å². The van der Waals surface area contributed by atoms with E-state index in [-0.39, 0.29) is 5.54 Å². The van der Waals surface area contributed by atoms with Gasteiger partial charge in [0.1, 0.15) is 0 Å². The van der Waals surface area contributed by atoms with E-state index in [2.05, 4.69) is 50.4 Å². The molecule has 0 aliphatic rings. The first-order valence-corrected chi connectivity index (χ1v) is 4.37. The molecule has 1 rings (SSSR count). The minimum atomic E-state index is 0.204. The van der Waals surface area contributed by atoms with Crippen molar-refractivity contribution in [3.05, 3.63) is 35.9 Å². The van der Waals surface area contributed by atoms with E-state index in [1.54, 1.807) is 0 Å². The van der Waals surface area contributed by atoms with Crippen molar-refractivity contribution < 1.29 is 0 Å². The van der Waals surface area contributed by atoms with Gasteiger partial charge in [0.05, 0.1) is 0 Å². The van der Waals surface area contributed by atoms with Crippen molar-refractivity contribution in [2.75, 3.05) is 0 Å². The molecule has 1 N–H and O–H groups in total. The fourth-order valence-electron chi connectivity index (χ4n) is 0.963. The smallest absolute Gasteiger partial charge is 0.0210 e. The molecule has 0 radical (unpaired) electrons. The Bertz CT molecular complexity index is 221. The van der Waals surface area contributed by atoms with Crippen LogP contribution in [0.1, 0.15) is 26.3 Å². The molecule has 0 aliphatic heterocycles. The van der Waals surface area contributed by atoms with Crippen LogP contribution < -0.4 is 5.32 Å². The lowest BCUT2D eigenvalue weighted by Gasteiger charge is -2.20. The van der Waals surface area contributed by atoms with Gasteiger partial charge >= 0.3 is 0 Å². The highest BCUT2D eigenvalue weighted by Crippen LogP contribution is 2.03. The monoisotopic (exact) mass is 163 g/mol. The summed E-state index contributed by atoms with van der Waals surface area (Å²) in [4.78, 5) is 0. The molecule has 0 saturated heterocycles. The third-order valence-electron chi connectivity index (χ3n) is 1.67. The third-order valence-corrected chi connectivity index (χ3v) is 1.67. The fraction of sp³-hybridized carbons (Fsp3) is 0.455. The Balaban J connectivity index is 2.44. The molecule has 1 nitrogen and oxygen atoms in total. The summed E-state index contributed by atoms with van der Waals surface area (Å²) >= 11 is 0. The number of rotatable bonds is 2. The standard InChI is InChI=1S/C11H17N/c1-11(2,3)12-9-10-7-5-4-6-8-10/h4-8,12H,9H2,1-3H3. The summed E-state index contributed by atoms with van der Waals surface area (Å²) in [7, 11) is 0. The summed E-state index contributed by atoms with van der Waals surface area (Å²) in [6, 6.07) is 10.5. The average molecular weight is 163 g/mol. The topological polar surface area (TPSA) is 12.0 Å². The lowest BCUT2D eigenvalue weighted by atomic mass is 10.1. The molecule has 0 spiro atoms. The van der Waals surface area contributed by atoms with Gasteiger partial charge < -0.3 is 5.32 Å². The Hall–Kier alpha value is -0.820. The first-order chi connectivity index (χ1) is 5.58. The largest absolute Gasteiger partial charge is 0.308 e. The highest BCUT2D eigenvalue weighted by atomic mass is 14.9. The maximum Gasteiger partial charge on any atom is 0.0210 e. The molecule has 12 heavy (non-hydrogen) atoms. The van der Waals surface area contributed by atoms with Crippen LogP contribution in [0.15, 0.2) is 30.3 Å². The van der Waals surface area contributed by atoms with E-state index in [9.17, 15) is 0 Å². The van der Waals surface area contributed by atoms with E-state index in [1.807, 2.05) is 6.07 Å². The molecule has 0 unspecified atom stereocenters. The molecule has 1 aromatic carbocycles. The Morgan fingerprint density at radius 3 is 2.17 bits per heavy atom. The molecular weight excluding hydrogens is 146 g/mol. The molecule has 1 heteroatoms. The molecule has 0 amide bonds. The Morgan fingerprint density at radius 1 is 1.08 bits per heavy atom. The molecule has 0 aromatic heterocycles. The van der Waals surface area contributed by atoms with Crippen LogP contribution in [0, 0.1) is 0 Å². The minimum Gasteiger partial charge on any atom is -0.308 e. The first-order valence-electron chi connectivity index (χ1n) is 4.37. The second-order valence-electron chi connectivity index (χ2n) is 4.09. The summed E-state index contributed by atoms with van der Waals surface area (Å²) < 4.78 is 0. The van der Waals surface area contributed by atoms with Gasteiger partial charge in [-0.3, -0.25) is 0 Å². The van der Waals surface area contributed by atoms with Crippen LogP contribution in [0.2, 0.25) is 0 Å². The summed E-state index contributed by atoms with van der Waals surface area (Å²) in [5, 5.41) is 3.44. The van der Waals surface area contributed by atoms with Crippen molar-refractivity contribution in [1.82, 2.24) is 5.32 Å². The van der Waals surface area contributed by atoms with Crippen LogP contribution in [0.3, 0.4) is 0 Å². The van der Waals surface area contributed by atoms with Crippen molar-refractivity contribution in [2.24, 2.45) is 0 Å². The number of nitrogens with one attached hydrogen (secondary N) is 1. The van der Waals surface area contributed by atoms with E-state index in [4.69, 9.17) is 0 Å². The van der Waals surface area contributed by atoms with Gasteiger partial charge in [-0.2, -0.15) is 0 Å². The molecule has 0 fully saturated rings. The number of hydrogen-bond acceptors (Lipinski definition) is 1. The van der Waals surface area contributed by atoms with Gasteiger partial charge in [0.2, 0.25) is 0 Å². The average Bonchev–Trinajstić information content (AvgIpc) is 2.02. The van der Waals surface area contributed by atoms with Gasteiger partial charge in [0.25, 0.3) is 0 Å². The molecular formula is C11H17N. The molecule has 0 heterocycles. The van der Waals surface area contributed by atoms with Gasteiger partial charge in [0, 0.05) is 12.1 Å². The van der Waals surface area contributed by atoms with Gasteiger partial charge in [-0.25, -0.2) is 0 Å². The van der Waals surface area contributed by atoms with Crippen LogP contribution in [0.4, 0.5) is 0 Å². The summed E-state index contributed by atoms with van der Waals surface area (Å²) in [6.07, 6.45) is 0. The van der Waals surface area contributed by atoms with Crippen molar-refractivity contribution in [3.63, 3.8) is 0 Å². The van der Waals surface area contributed by atoms with Crippen LogP contribution in [0.25, 0.3) is 0 Å². The van der Waals surface area contributed by atoms with Gasteiger partial charge in [0.15, 0.2) is 0 Å². The van der Waals surface area contributed by atoms with Gasteiger partial charge in [-0.1, -0.05) is 30.3 Å². The Morgan fingerprint density at radius 2 is 1.67 bits per heavy atom. The second-order valence-corrected chi connectivity index (χ2v) is 4.09. The second kappa shape index (κ2) is 3.72. The maximum absolute atomic E-state index is 3.44. The normalized spacial score (nSPS) is 11.6. The predicted molar refractivity (Wildman–Crippen MR) is 53.0 cm³/mol. The van der Waals surface area contributed by atoms with Crippen molar-refractivity contribution in [1.29, 1.82) is 0 Å². The molecule has 0 bridgehead atoms. The maximum atomic E-state index is 3.44. The van der Waals surface area contributed by atoms with Gasteiger partial charge in [-0.15, -0.1) is 0 Å². The van der Waals surface area contributed by atoms with Crippen LogP contribution in [-0.4, -0.2) is 5.54 Å². The van der Waals surface area contributed by atoms with E-state index < -0.39 is 0 Å². The van der Waals surface area contributed by atoms with Crippen molar-refractivity contribution >= 4 is 0 Å². The summed E-state index contributed by atoms with van der Waals surface area (Å²) in [6.45, 7) is 7.48. The van der Waals surface area contributed by atoms with Crippen LogP contribution in [0.5, 0.6) is 0 Å². The van der Waals surface area contributed by atoms with E-state index >= 15 is 0 Å². The van der Waals surface area contributed by atoms with Crippen molar-refractivity contribution in [2.45, 2.75) is 32.9 Å². The van der Waals surface area contributed by atoms with E-state index in [1.165, 1.54) is 5.56 Å². The zero-order valence-electron chi connectivity index (χ0n) is 8.09. The zero-order valence-corrected chi connectivity index (χ0v) is 8.09. The molecule has 1 aromatic rings. The first kappa shape index (κ1) is 9.27. The molecule has 66 valence electrons. The number of hydrogen-bond donors (Lipinski definition) is 1. The van der Waals surface area contributed by atoms with E-state index in [0.29, 0.717) is 0 Å². The highest BCUT2D eigenvalue weighted by molar-refractivity contribution is 5.14. The third kappa shape index (κ3) is 3.54. The SMILES string of the molecule is CC(C)(C)NCc1ccccc1. The summed E-state index contributed by atoms with van der Waals surface area (Å²) in [5.74, 6) is 0. The molecule has 0 aliphatic carbocycles. The lowest BCUT2D eigenvalue weighted by molar-refractivity contribution is 0.424. The van der Waals surface area contributed by atoms with E-state index in [0.717, 1.165) is 6.54 Å². The summed E-state index contributed by atoms with van der Waals surface area (Å²) in [5.41, 5.74) is 1.54. The Labute approximate surface area is 74.8 Å². The van der Waals surface area contributed by atoms with Crippen LogP contribution >= 0.6 is 0 Å². The molecule has 0 atom stereocenters.